The minimum Gasteiger partial charge on any atom is -0.284 e. The molecule has 134 valence electrons. The summed E-state index contributed by atoms with van der Waals surface area (Å²) in [4.78, 5) is 18.1. The van der Waals surface area contributed by atoms with E-state index in [9.17, 15) is 13.6 Å². The molecule has 1 aliphatic rings. The number of hydrogen-bond acceptors (Lipinski definition) is 4. The van der Waals surface area contributed by atoms with Crippen molar-refractivity contribution in [2.24, 2.45) is 0 Å². The molecule has 3 aromatic rings. The molecule has 0 spiro atoms. The third-order valence-corrected chi connectivity index (χ3v) is 5.95. The van der Waals surface area contributed by atoms with Gasteiger partial charge in [-0.2, -0.15) is 8.78 Å². The Morgan fingerprint density at radius 1 is 1.12 bits per heavy atom. The molecule has 1 fully saturated rings. The molecule has 0 saturated heterocycles. The number of nitrogens with zero attached hydrogens (tertiary/aromatic N) is 2. The van der Waals surface area contributed by atoms with E-state index >= 15 is 0 Å². The average Bonchev–Trinajstić information content (AvgIpc) is 3.46. The van der Waals surface area contributed by atoms with Crippen LogP contribution in [0.2, 0.25) is 0 Å². The minimum absolute atomic E-state index is 0.0179. The average molecular weight is 390 g/mol. The number of fused-ring (bicyclic) bond motifs is 1. The zero-order chi connectivity index (χ0) is 18.1. The fourth-order valence-electron chi connectivity index (χ4n) is 2.80. The number of aromatic nitrogens is 2. The van der Waals surface area contributed by atoms with E-state index in [0.717, 1.165) is 23.6 Å². The summed E-state index contributed by atoms with van der Waals surface area (Å²) in [6.45, 7) is 0. The Labute approximate surface area is 157 Å². The molecule has 7 heteroatoms. The Morgan fingerprint density at radius 3 is 2.54 bits per heavy atom. The molecule has 2 aromatic carbocycles. The van der Waals surface area contributed by atoms with E-state index < -0.39 is 5.76 Å². The predicted octanol–water partition coefficient (Wildman–Crippen LogP) is 5.34. The molecule has 26 heavy (non-hydrogen) atoms. The second kappa shape index (κ2) is 7.40. The van der Waals surface area contributed by atoms with Crippen molar-refractivity contribution in [3.63, 3.8) is 0 Å². The summed E-state index contributed by atoms with van der Waals surface area (Å²) < 4.78 is 26.6. The van der Waals surface area contributed by atoms with Crippen LogP contribution in [0.5, 0.6) is 0 Å². The van der Waals surface area contributed by atoms with Gasteiger partial charge < -0.3 is 0 Å². The Balaban J connectivity index is 1.59. The molecule has 3 nitrogen and oxygen atoms in total. The molecule has 0 amide bonds. The quantitative estimate of drug-likeness (QED) is 0.420. The molecule has 1 aromatic heterocycles. The van der Waals surface area contributed by atoms with Crippen molar-refractivity contribution in [2.45, 2.75) is 40.4 Å². The Hall–Kier alpha value is -1.86. The van der Waals surface area contributed by atoms with Gasteiger partial charge in [0.2, 0.25) is 0 Å². The van der Waals surface area contributed by atoms with Crippen LogP contribution >= 0.6 is 23.5 Å². The van der Waals surface area contributed by atoms with Gasteiger partial charge >= 0.3 is 0 Å². The van der Waals surface area contributed by atoms with Crippen molar-refractivity contribution < 1.29 is 8.78 Å². The highest BCUT2D eigenvalue weighted by atomic mass is 32.2. The lowest BCUT2D eigenvalue weighted by molar-refractivity contribution is 0.252. The lowest BCUT2D eigenvalue weighted by Gasteiger charge is -2.12. The molecular weight excluding hydrogens is 374 g/mol. The van der Waals surface area contributed by atoms with Crippen molar-refractivity contribution >= 4 is 34.4 Å². The molecule has 0 bridgehead atoms. The fraction of sp³-hybridized carbons (Fsp3) is 0.263. The van der Waals surface area contributed by atoms with Gasteiger partial charge in [0, 0.05) is 16.7 Å². The van der Waals surface area contributed by atoms with Crippen LogP contribution in [0.25, 0.3) is 10.9 Å². The van der Waals surface area contributed by atoms with E-state index in [0.29, 0.717) is 33.3 Å². The molecule has 1 aliphatic carbocycles. The summed E-state index contributed by atoms with van der Waals surface area (Å²) in [5, 5.41) is 1.37. The highest BCUT2D eigenvalue weighted by Gasteiger charge is 2.28. The predicted molar refractivity (Wildman–Crippen MR) is 102 cm³/mol. The van der Waals surface area contributed by atoms with Crippen molar-refractivity contribution in [3.05, 3.63) is 64.4 Å². The van der Waals surface area contributed by atoms with Gasteiger partial charge in [-0.25, -0.2) is 4.98 Å². The monoisotopic (exact) mass is 390 g/mol. The molecule has 0 N–H and O–H groups in total. The number of halogens is 2. The smallest absolute Gasteiger partial charge is 0.284 e. The molecule has 0 unspecified atom stereocenters. The number of alkyl halides is 2. The third-order valence-electron chi connectivity index (χ3n) is 4.20. The van der Waals surface area contributed by atoms with Gasteiger partial charge in [-0.15, -0.1) is 0 Å². The number of thioether (sulfide) groups is 2. The highest BCUT2D eigenvalue weighted by Crippen LogP contribution is 2.37. The maximum Gasteiger partial charge on any atom is 0.288 e. The van der Waals surface area contributed by atoms with Crippen LogP contribution in [0.4, 0.5) is 8.78 Å². The Bertz CT molecular complexity index is 985. The SMILES string of the molecule is O=c1c2ccccc2nc(SCc2ccc(SC(F)F)cc2)n1C1CC1. The maximum absolute atomic E-state index is 12.8. The van der Waals surface area contributed by atoms with E-state index in [-0.39, 0.29) is 11.6 Å². The van der Waals surface area contributed by atoms with Crippen LogP contribution in [0.1, 0.15) is 24.4 Å². The van der Waals surface area contributed by atoms with Crippen LogP contribution in [0.3, 0.4) is 0 Å². The first-order valence-electron chi connectivity index (χ1n) is 8.29. The number of para-hydroxylation sites is 1. The second-order valence-corrected chi connectivity index (χ2v) is 8.13. The molecule has 0 atom stereocenters. The van der Waals surface area contributed by atoms with Crippen LogP contribution in [-0.4, -0.2) is 15.3 Å². The van der Waals surface area contributed by atoms with E-state index in [1.165, 1.54) is 11.8 Å². The van der Waals surface area contributed by atoms with Gasteiger partial charge in [0.05, 0.1) is 10.9 Å². The Kier molecular flexibility index (Phi) is 5.00. The van der Waals surface area contributed by atoms with Gasteiger partial charge in [0.1, 0.15) is 0 Å². The summed E-state index contributed by atoms with van der Waals surface area (Å²) in [6, 6.07) is 14.7. The van der Waals surface area contributed by atoms with Gasteiger partial charge in [0.25, 0.3) is 11.3 Å². The van der Waals surface area contributed by atoms with E-state index in [1.807, 2.05) is 41.0 Å². The van der Waals surface area contributed by atoms with Crippen LogP contribution in [-0.2, 0) is 5.75 Å². The van der Waals surface area contributed by atoms with Gasteiger partial charge in [-0.1, -0.05) is 47.8 Å². The first kappa shape index (κ1) is 17.5. The summed E-state index contributed by atoms with van der Waals surface area (Å²) >= 11 is 2.06. The zero-order valence-corrected chi connectivity index (χ0v) is 15.4. The highest BCUT2D eigenvalue weighted by molar-refractivity contribution is 7.99. The number of benzene rings is 2. The lowest BCUT2D eigenvalue weighted by Crippen LogP contribution is -2.22. The van der Waals surface area contributed by atoms with E-state index in [1.54, 1.807) is 12.1 Å². The molecule has 1 saturated carbocycles. The zero-order valence-electron chi connectivity index (χ0n) is 13.8. The minimum atomic E-state index is -2.41. The first-order chi connectivity index (χ1) is 12.6. The number of hydrogen-bond donors (Lipinski definition) is 0. The summed E-state index contributed by atoms with van der Waals surface area (Å²) in [5.74, 6) is -1.78. The molecule has 1 heterocycles. The molecule has 4 rings (SSSR count). The molecule has 0 aliphatic heterocycles. The molecule has 0 radical (unpaired) electrons. The molecular formula is C19H16F2N2OS2. The first-order valence-corrected chi connectivity index (χ1v) is 10.2. The van der Waals surface area contributed by atoms with Crippen LogP contribution in [0.15, 0.2) is 63.4 Å². The lowest BCUT2D eigenvalue weighted by atomic mass is 10.2. The number of rotatable bonds is 6. The normalized spacial score (nSPS) is 14.3. The van der Waals surface area contributed by atoms with Crippen molar-refractivity contribution in [1.29, 1.82) is 0 Å². The largest absolute Gasteiger partial charge is 0.288 e. The third kappa shape index (κ3) is 3.78. The van der Waals surface area contributed by atoms with Crippen molar-refractivity contribution in [2.75, 3.05) is 0 Å². The second-order valence-electron chi connectivity index (χ2n) is 6.13. The Morgan fingerprint density at radius 2 is 1.85 bits per heavy atom. The van der Waals surface area contributed by atoms with Gasteiger partial charge in [0.15, 0.2) is 5.16 Å². The van der Waals surface area contributed by atoms with Gasteiger partial charge in [-0.05, 0) is 42.7 Å². The summed E-state index contributed by atoms with van der Waals surface area (Å²) in [5.41, 5.74) is 1.74. The van der Waals surface area contributed by atoms with E-state index in [4.69, 9.17) is 4.98 Å². The summed E-state index contributed by atoms with van der Waals surface area (Å²) in [6.07, 6.45) is 2.01. The van der Waals surface area contributed by atoms with Crippen LogP contribution in [0, 0.1) is 0 Å². The van der Waals surface area contributed by atoms with E-state index in [2.05, 4.69) is 0 Å². The van der Waals surface area contributed by atoms with Crippen molar-refractivity contribution in [3.8, 4) is 0 Å². The van der Waals surface area contributed by atoms with Crippen LogP contribution < -0.4 is 5.56 Å². The fourth-order valence-corrected chi connectivity index (χ4v) is 4.32. The van der Waals surface area contributed by atoms with Gasteiger partial charge in [-0.3, -0.25) is 9.36 Å². The standard InChI is InChI=1S/C19H16F2N2OS2/c20-18(21)26-14-9-5-12(6-10-14)11-25-19-22-16-4-2-1-3-15(16)17(24)23(19)13-7-8-13/h1-6,9-10,13,18H,7-8,11H2. The van der Waals surface area contributed by atoms with Crippen molar-refractivity contribution in [1.82, 2.24) is 9.55 Å². The summed E-state index contributed by atoms with van der Waals surface area (Å²) in [7, 11) is 0. The topological polar surface area (TPSA) is 34.9 Å². The maximum atomic E-state index is 12.8.